The molecule has 174 valence electrons. The maximum atomic E-state index is 5.53. The van der Waals surface area contributed by atoms with E-state index in [1.807, 2.05) is 18.3 Å². The standard InChI is InChI=1S/C26H30BrN3O3/c1-31-24-15-19(16-25(32-2)26(24)33-3)23-14-18(8-13-29-23)17-30(22-9-11-28-12-10-22)21-6-4-20(27)5-7-21/h4-8,13-16,22,28H,9-12,17H2,1-3H3. The zero-order valence-electron chi connectivity index (χ0n) is 19.3. The molecule has 33 heavy (non-hydrogen) atoms. The lowest BCUT2D eigenvalue weighted by molar-refractivity contribution is 0.324. The van der Waals surface area contributed by atoms with E-state index in [1.165, 1.54) is 11.3 Å². The predicted octanol–water partition coefficient (Wildman–Crippen LogP) is 5.30. The Morgan fingerprint density at radius 3 is 2.21 bits per heavy atom. The van der Waals surface area contributed by atoms with Crippen molar-refractivity contribution in [2.24, 2.45) is 0 Å². The molecule has 1 aliphatic rings. The van der Waals surface area contributed by atoms with E-state index in [2.05, 4.69) is 67.5 Å². The average Bonchev–Trinajstić information content (AvgIpc) is 2.87. The molecule has 2 aromatic carbocycles. The van der Waals surface area contributed by atoms with E-state index in [0.29, 0.717) is 23.3 Å². The highest BCUT2D eigenvalue weighted by atomic mass is 79.9. The highest BCUT2D eigenvalue weighted by Gasteiger charge is 2.22. The first-order chi connectivity index (χ1) is 16.1. The molecule has 1 aliphatic heterocycles. The van der Waals surface area contributed by atoms with Gasteiger partial charge in [-0.2, -0.15) is 0 Å². The van der Waals surface area contributed by atoms with E-state index in [1.54, 1.807) is 21.3 Å². The van der Waals surface area contributed by atoms with Gasteiger partial charge in [-0.1, -0.05) is 15.9 Å². The third-order valence-electron chi connectivity index (χ3n) is 6.05. The van der Waals surface area contributed by atoms with E-state index < -0.39 is 0 Å². The van der Waals surface area contributed by atoms with Gasteiger partial charge in [0.05, 0.1) is 27.0 Å². The van der Waals surface area contributed by atoms with Crippen molar-refractivity contribution in [3.63, 3.8) is 0 Å². The number of ether oxygens (including phenoxy) is 3. The van der Waals surface area contributed by atoms with Gasteiger partial charge >= 0.3 is 0 Å². The summed E-state index contributed by atoms with van der Waals surface area (Å²) < 4.78 is 17.6. The van der Waals surface area contributed by atoms with Crippen molar-refractivity contribution < 1.29 is 14.2 Å². The van der Waals surface area contributed by atoms with E-state index in [-0.39, 0.29) is 0 Å². The number of hydrogen-bond donors (Lipinski definition) is 1. The van der Waals surface area contributed by atoms with Crippen LogP contribution in [0, 0.1) is 0 Å². The van der Waals surface area contributed by atoms with Crippen LogP contribution >= 0.6 is 15.9 Å². The first kappa shape index (κ1) is 23.4. The van der Waals surface area contributed by atoms with Crippen molar-refractivity contribution in [3.8, 4) is 28.5 Å². The van der Waals surface area contributed by atoms with Gasteiger partial charge in [0, 0.05) is 34.5 Å². The first-order valence-corrected chi connectivity index (χ1v) is 11.9. The minimum atomic E-state index is 0.491. The van der Waals surface area contributed by atoms with Crippen LogP contribution in [0.1, 0.15) is 18.4 Å². The maximum Gasteiger partial charge on any atom is 0.203 e. The number of halogens is 1. The fourth-order valence-corrected chi connectivity index (χ4v) is 4.60. The number of nitrogens with one attached hydrogen (secondary N) is 1. The molecule has 0 spiro atoms. The fraction of sp³-hybridized carbons (Fsp3) is 0.346. The summed E-state index contributed by atoms with van der Waals surface area (Å²) in [6, 6.07) is 17.2. The van der Waals surface area contributed by atoms with Gasteiger partial charge in [0.1, 0.15) is 0 Å². The molecule has 0 radical (unpaired) electrons. The van der Waals surface area contributed by atoms with Crippen molar-refractivity contribution >= 4 is 21.6 Å². The zero-order chi connectivity index (χ0) is 23.2. The number of nitrogens with zero attached hydrogens (tertiary/aromatic N) is 2. The zero-order valence-corrected chi connectivity index (χ0v) is 20.9. The monoisotopic (exact) mass is 511 g/mol. The largest absolute Gasteiger partial charge is 0.493 e. The quantitative estimate of drug-likeness (QED) is 0.443. The summed E-state index contributed by atoms with van der Waals surface area (Å²) in [5.74, 6) is 1.81. The van der Waals surface area contributed by atoms with Gasteiger partial charge in [-0.15, -0.1) is 0 Å². The van der Waals surface area contributed by atoms with E-state index in [0.717, 1.165) is 48.2 Å². The molecule has 1 saturated heterocycles. The molecule has 0 aliphatic carbocycles. The van der Waals surface area contributed by atoms with Crippen molar-refractivity contribution in [2.45, 2.75) is 25.4 Å². The van der Waals surface area contributed by atoms with Crippen LogP contribution in [-0.2, 0) is 6.54 Å². The third kappa shape index (κ3) is 5.42. The summed E-state index contributed by atoms with van der Waals surface area (Å²) >= 11 is 3.56. The number of methoxy groups -OCH3 is 3. The lowest BCUT2D eigenvalue weighted by Gasteiger charge is -2.36. The Labute approximate surface area is 204 Å². The normalized spacial score (nSPS) is 14.1. The van der Waals surface area contributed by atoms with Gasteiger partial charge < -0.3 is 24.4 Å². The molecule has 1 fully saturated rings. The number of piperidine rings is 1. The molecule has 0 bridgehead atoms. The second-order valence-corrected chi connectivity index (χ2v) is 8.96. The van der Waals surface area contributed by atoms with Crippen LogP contribution in [0.25, 0.3) is 11.3 Å². The van der Waals surface area contributed by atoms with Crippen LogP contribution in [0.2, 0.25) is 0 Å². The van der Waals surface area contributed by atoms with Crippen LogP contribution in [0.15, 0.2) is 59.2 Å². The van der Waals surface area contributed by atoms with Crippen LogP contribution in [0.5, 0.6) is 17.2 Å². The molecule has 0 atom stereocenters. The van der Waals surface area contributed by atoms with E-state index in [4.69, 9.17) is 14.2 Å². The third-order valence-corrected chi connectivity index (χ3v) is 6.57. The van der Waals surface area contributed by atoms with E-state index in [9.17, 15) is 0 Å². The van der Waals surface area contributed by atoms with Gasteiger partial charge in [-0.05, 0) is 80.0 Å². The molecule has 7 heteroatoms. The lowest BCUT2D eigenvalue weighted by Crippen LogP contribution is -2.43. The minimum absolute atomic E-state index is 0.491. The van der Waals surface area contributed by atoms with Gasteiger partial charge in [-0.3, -0.25) is 4.98 Å². The second kappa shape index (κ2) is 10.9. The summed E-state index contributed by atoms with van der Waals surface area (Å²) in [6.07, 6.45) is 4.12. The molecular formula is C26H30BrN3O3. The van der Waals surface area contributed by atoms with Crippen molar-refractivity contribution in [1.29, 1.82) is 0 Å². The molecule has 1 aromatic heterocycles. The molecule has 2 heterocycles. The predicted molar refractivity (Wildman–Crippen MR) is 136 cm³/mol. The molecule has 1 N–H and O–H groups in total. The van der Waals surface area contributed by atoms with Crippen molar-refractivity contribution in [2.75, 3.05) is 39.3 Å². The molecule has 4 rings (SSSR count). The Balaban J connectivity index is 1.66. The topological polar surface area (TPSA) is 55.9 Å². The lowest BCUT2D eigenvalue weighted by atomic mass is 10.0. The Bertz CT molecular complexity index is 1040. The summed E-state index contributed by atoms with van der Waals surface area (Å²) in [5.41, 5.74) is 4.22. The number of aromatic nitrogens is 1. The Morgan fingerprint density at radius 2 is 1.61 bits per heavy atom. The van der Waals surface area contributed by atoms with Crippen LogP contribution in [0.4, 0.5) is 5.69 Å². The number of pyridine rings is 1. The minimum Gasteiger partial charge on any atom is -0.493 e. The SMILES string of the molecule is COc1cc(-c2cc(CN(c3ccc(Br)cc3)C3CCNCC3)ccn2)cc(OC)c1OC. The van der Waals surface area contributed by atoms with Gasteiger partial charge in [0.2, 0.25) is 5.75 Å². The van der Waals surface area contributed by atoms with Crippen molar-refractivity contribution in [3.05, 3.63) is 64.8 Å². The first-order valence-electron chi connectivity index (χ1n) is 11.1. The fourth-order valence-electron chi connectivity index (χ4n) is 4.34. The van der Waals surface area contributed by atoms with Crippen molar-refractivity contribution in [1.82, 2.24) is 10.3 Å². The molecule has 0 saturated carbocycles. The number of anilines is 1. The molecule has 6 nitrogen and oxygen atoms in total. The van der Waals surface area contributed by atoms with E-state index >= 15 is 0 Å². The second-order valence-electron chi connectivity index (χ2n) is 8.05. The maximum absolute atomic E-state index is 5.53. The summed E-state index contributed by atoms with van der Waals surface area (Å²) in [5, 5.41) is 3.48. The summed E-state index contributed by atoms with van der Waals surface area (Å²) in [4.78, 5) is 7.15. The average molecular weight is 512 g/mol. The highest BCUT2D eigenvalue weighted by Crippen LogP contribution is 2.41. The van der Waals surface area contributed by atoms with Crippen LogP contribution in [0.3, 0.4) is 0 Å². The molecule has 0 amide bonds. The Morgan fingerprint density at radius 1 is 0.939 bits per heavy atom. The number of rotatable bonds is 8. The Kier molecular flexibility index (Phi) is 7.73. The van der Waals surface area contributed by atoms with Gasteiger partial charge in [0.15, 0.2) is 11.5 Å². The Hall–Kier alpha value is -2.77. The molecule has 3 aromatic rings. The number of benzene rings is 2. The summed E-state index contributed by atoms with van der Waals surface area (Å²) in [6.45, 7) is 2.90. The van der Waals surface area contributed by atoms with Crippen LogP contribution in [-0.4, -0.2) is 45.4 Å². The highest BCUT2D eigenvalue weighted by molar-refractivity contribution is 9.10. The number of hydrogen-bond acceptors (Lipinski definition) is 6. The molecular weight excluding hydrogens is 482 g/mol. The van der Waals surface area contributed by atoms with Gasteiger partial charge in [0.25, 0.3) is 0 Å². The van der Waals surface area contributed by atoms with Crippen LogP contribution < -0.4 is 24.4 Å². The van der Waals surface area contributed by atoms with Gasteiger partial charge in [-0.25, -0.2) is 0 Å². The summed E-state index contributed by atoms with van der Waals surface area (Å²) in [7, 11) is 4.86. The molecule has 0 unspecified atom stereocenters. The smallest absolute Gasteiger partial charge is 0.203 e.